The van der Waals surface area contributed by atoms with Crippen LogP contribution in [-0.2, 0) is 4.79 Å². The first kappa shape index (κ1) is 14.4. The number of carbonyl (C=O) groups is 2. The quantitative estimate of drug-likeness (QED) is 0.740. The molecule has 0 aromatic rings. The molecule has 5 nitrogen and oxygen atoms in total. The second kappa shape index (κ2) is 6.29. The molecule has 2 unspecified atom stereocenters. The fraction of sp³-hybridized carbons (Fsp3) is 0.692. The third-order valence-electron chi connectivity index (χ3n) is 3.18. The number of urea groups is 1. The molecule has 0 aliphatic carbocycles. The Morgan fingerprint density at radius 3 is 2.67 bits per heavy atom. The molecule has 1 aliphatic rings. The van der Waals surface area contributed by atoms with Crippen LogP contribution in [-0.4, -0.2) is 41.1 Å². The summed E-state index contributed by atoms with van der Waals surface area (Å²) in [6, 6.07) is -0.583. The topological polar surface area (TPSA) is 69.6 Å². The first-order chi connectivity index (χ1) is 8.45. The highest BCUT2D eigenvalue weighted by Crippen LogP contribution is 2.16. The summed E-state index contributed by atoms with van der Waals surface area (Å²) >= 11 is 0. The standard InChI is InChI=1S/C13H20N2O3/c1-4-11(9(2)3)14-13(18)15-7-5-6-10(8-15)12(16)17/h1,9-11H,5-8H2,2-3H3,(H,14,18)(H,16,17). The minimum Gasteiger partial charge on any atom is -0.481 e. The molecule has 2 atom stereocenters. The van der Waals surface area contributed by atoms with Gasteiger partial charge < -0.3 is 15.3 Å². The van der Waals surface area contributed by atoms with Gasteiger partial charge in [-0.2, -0.15) is 0 Å². The molecule has 1 heterocycles. The molecule has 0 aromatic heterocycles. The van der Waals surface area contributed by atoms with Gasteiger partial charge in [0.1, 0.15) is 0 Å². The van der Waals surface area contributed by atoms with Crippen molar-refractivity contribution in [3.05, 3.63) is 0 Å². The van der Waals surface area contributed by atoms with Crippen LogP contribution in [0.4, 0.5) is 4.79 Å². The molecule has 1 aliphatic heterocycles. The number of piperidine rings is 1. The first-order valence-electron chi connectivity index (χ1n) is 6.20. The number of carboxylic acids is 1. The van der Waals surface area contributed by atoms with E-state index in [1.165, 1.54) is 4.90 Å². The van der Waals surface area contributed by atoms with E-state index in [1.807, 2.05) is 13.8 Å². The predicted molar refractivity (Wildman–Crippen MR) is 67.9 cm³/mol. The van der Waals surface area contributed by atoms with Gasteiger partial charge in [-0.05, 0) is 18.8 Å². The van der Waals surface area contributed by atoms with Crippen LogP contribution in [0.25, 0.3) is 0 Å². The maximum absolute atomic E-state index is 12.0. The van der Waals surface area contributed by atoms with Crippen molar-refractivity contribution < 1.29 is 14.7 Å². The van der Waals surface area contributed by atoms with Crippen molar-refractivity contribution in [3.63, 3.8) is 0 Å². The van der Waals surface area contributed by atoms with E-state index in [1.54, 1.807) is 0 Å². The van der Waals surface area contributed by atoms with Gasteiger partial charge in [0, 0.05) is 13.1 Å². The Balaban J connectivity index is 2.56. The van der Waals surface area contributed by atoms with Crippen LogP contribution < -0.4 is 5.32 Å². The molecule has 1 rings (SSSR count). The van der Waals surface area contributed by atoms with E-state index in [9.17, 15) is 9.59 Å². The Hall–Kier alpha value is -1.70. The largest absolute Gasteiger partial charge is 0.481 e. The van der Waals surface area contributed by atoms with Gasteiger partial charge in [0.15, 0.2) is 0 Å². The van der Waals surface area contributed by atoms with Crippen molar-refractivity contribution in [2.75, 3.05) is 13.1 Å². The van der Waals surface area contributed by atoms with Crippen LogP contribution in [0, 0.1) is 24.2 Å². The Morgan fingerprint density at radius 2 is 2.17 bits per heavy atom. The molecule has 5 heteroatoms. The lowest BCUT2D eigenvalue weighted by Crippen LogP contribution is -2.50. The summed E-state index contributed by atoms with van der Waals surface area (Å²) < 4.78 is 0. The lowest BCUT2D eigenvalue weighted by atomic mass is 9.98. The van der Waals surface area contributed by atoms with E-state index in [-0.39, 0.29) is 24.5 Å². The predicted octanol–water partition coefficient (Wildman–Crippen LogP) is 1.15. The highest BCUT2D eigenvalue weighted by atomic mass is 16.4. The molecule has 0 aromatic carbocycles. The van der Waals surface area contributed by atoms with Crippen molar-refractivity contribution in [1.82, 2.24) is 10.2 Å². The number of carboxylic acid groups (broad SMARTS) is 1. The van der Waals surface area contributed by atoms with E-state index in [4.69, 9.17) is 11.5 Å². The van der Waals surface area contributed by atoms with Crippen LogP contribution in [0.1, 0.15) is 26.7 Å². The first-order valence-corrected chi connectivity index (χ1v) is 6.20. The van der Waals surface area contributed by atoms with E-state index >= 15 is 0 Å². The fourth-order valence-electron chi connectivity index (χ4n) is 1.99. The Bertz CT molecular complexity index is 360. The van der Waals surface area contributed by atoms with Crippen LogP contribution in [0.5, 0.6) is 0 Å². The van der Waals surface area contributed by atoms with Crippen LogP contribution in [0.15, 0.2) is 0 Å². The molecule has 18 heavy (non-hydrogen) atoms. The molecule has 0 radical (unpaired) electrons. The average molecular weight is 252 g/mol. The number of aliphatic carboxylic acids is 1. The number of rotatable bonds is 3. The number of carbonyl (C=O) groups excluding carboxylic acids is 1. The van der Waals surface area contributed by atoms with Gasteiger partial charge in [0.25, 0.3) is 0 Å². The number of nitrogens with zero attached hydrogens (tertiary/aromatic N) is 1. The zero-order valence-electron chi connectivity index (χ0n) is 10.8. The van der Waals surface area contributed by atoms with Crippen LogP contribution in [0.2, 0.25) is 0 Å². The maximum Gasteiger partial charge on any atom is 0.318 e. The van der Waals surface area contributed by atoms with Gasteiger partial charge >= 0.3 is 12.0 Å². The number of hydrogen-bond acceptors (Lipinski definition) is 2. The smallest absolute Gasteiger partial charge is 0.318 e. The van der Waals surface area contributed by atoms with Gasteiger partial charge in [-0.15, -0.1) is 6.42 Å². The highest BCUT2D eigenvalue weighted by Gasteiger charge is 2.29. The van der Waals surface area contributed by atoms with Gasteiger partial charge in [-0.25, -0.2) is 4.79 Å². The van der Waals surface area contributed by atoms with Crippen LogP contribution in [0.3, 0.4) is 0 Å². The van der Waals surface area contributed by atoms with Crippen molar-refractivity contribution in [2.24, 2.45) is 11.8 Å². The summed E-state index contributed by atoms with van der Waals surface area (Å²) in [5.41, 5.74) is 0. The lowest BCUT2D eigenvalue weighted by Gasteiger charge is -2.32. The normalized spacial score (nSPS) is 21.2. The summed E-state index contributed by atoms with van der Waals surface area (Å²) in [5.74, 6) is 1.37. The summed E-state index contributed by atoms with van der Waals surface area (Å²) in [6.45, 7) is 4.71. The van der Waals surface area contributed by atoms with Crippen molar-refractivity contribution >= 4 is 12.0 Å². The van der Waals surface area contributed by atoms with Crippen molar-refractivity contribution in [3.8, 4) is 12.3 Å². The summed E-state index contributed by atoms with van der Waals surface area (Å²) in [5, 5.41) is 11.7. The molecule has 1 saturated heterocycles. The number of hydrogen-bond donors (Lipinski definition) is 2. The molecule has 2 N–H and O–H groups in total. The Labute approximate surface area is 108 Å². The minimum absolute atomic E-state index is 0.152. The fourth-order valence-corrected chi connectivity index (χ4v) is 1.99. The molecule has 100 valence electrons. The second-order valence-electron chi connectivity index (χ2n) is 4.96. The van der Waals surface area contributed by atoms with E-state index in [2.05, 4.69) is 11.2 Å². The molecule has 2 amide bonds. The zero-order valence-corrected chi connectivity index (χ0v) is 10.8. The maximum atomic E-state index is 12.0. The molecule has 1 fully saturated rings. The third kappa shape index (κ3) is 3.66. The second-order valence-corrected chi connectivity index (χ2v) is 4.96. The molecular formula is C13H20N2O3. The number of amides is 2. The number of likely N-dealkylation sites (tertiary alicyclic amines) is 1. The summed E-state index contributed by atoms with van der Waals surface area (Å²) in [7, 11) is 0. The monoisotopic (exact) mass is 252 g/mol. The van der Waals surface area contributed by atoms with Gasteiger partial charge in [0.2, 0.25) is 0 Å². The summed E-state index contributed by atoms with van der Waals surface area (Å²) in [4.78, 5) is 24.4. The molecule has 0 bridgehead atoms. The molecule has 0 spiro atoms. The lowest BCUT2D eigenvalue weighted by molar-refractivity contribution is -0.143. The zero-order chi connectivity index (χ0) is 13.7. The van der Waals surface area contributed by atoms with Gasteiger partial charge in [0.05, 0.1) is 12.0 Å². The summed E-state index contributed by atoms with van der Waals surface area (Å²) in [6.07, 6.45) is 6.69. The van der Waals surface area contributed by atoms with Crippen LogP contribution >= 0.6 is 0 Å². The highest BCUT2D eigenvalue weighted by molar-refractivity contribution is 5.77. The average Bonchev–Trinajstić information content (AvgIpc) is 2.35. The van der Waals surface area contributed by atoms with E-state index in [0.717, 1.165) is 0 Å². The van der Waals surface area contributed by atoms with Gasteiger partial charge in [-0.1, -0.05) is 19.8 Å². The van der Waals surface area contributed by atoms with Crippen molar-refractivity contribution in [1.29, 1.82) is 0 Å². The van der Waals surface area contributed by atoms with E-state index in [0.29, 0.717) is 19.4 Å². The Kier molecular flexibility index (Phi) is 5.02. The van der Waals surface area contributed by atoms with Gasteiger partial charge in [-0.3, -0.25) is 4.79 Å². The SMILES string of the molecule is C#CC(NC(=O)N1CCCC(C(=O)O)C1)C(C)C. The minimum atomic E-state index is -0.843. The molecular weight excluding hydrogens is 232 g/mol. The number of terminal acetylenes is 1. The number of nitrogens with one attached hydrogen (secondary N) is 1. The molecule has 0 saturated carbocycles. The Morgan fingerprint density at radius 1 is 1.50 bits per heavy atom. The van der Waals surface area contributed by atoms with Crippen molar-refractivity contribution in [2.45, 2.75) is 32.7 Å². The van der Waals surface area contributed by atoms with E-state index < -0.39 is 11.9 Å². The third-order valence-corrected chi connectivity index (χ3v) is 3.18.